The third-order valence-corrected chi connectivity index (χ3v) is 4.00. The molecule has 1 aliphatic heterocycles. The van der Waals surface area contributed by atoms with E-state index in [4.69, 9.17) is 5.73 Å². The largest absolute Gasteiger partial charge is 0.391 e. The predicted molar refractivity (Wildman–Crippen MR) is 62.7 cm³/mol. The second-order valence-electron chi connectivity index (χ2n) is 5.16. The molecule has 2 N–H and O–H groups in total. The Labute approximate surface area is 101 Å². The van der Waals surface area contributed by atoms with Crippen molar-refractivity contribution >= 4 is 0 Å². The zero-order valence-corrected chi connectivity index (χ0v) is 10.7. The van der Waals surface area contributed by atoms with Crippen molar-refractivity contribution < 1.29 is 13.2 Å². The Morgan fingerprint density at radius 1 is 1.12 bits per heavy atom. The Hall–Kier alpha value is -0.290. The highest BCUT2D eigenvalue weighted by atomic mass is 19.4. The first-order valence-electron chi connectivity index (χ1n) is 6.38. The Morgan fingerprint density at radius 2 is 1.59 bits per heavy atom. The number of halogens is 3. The van der Waals surface area contributed by atoms with Gasteiger partial charge < -0.3 is 10.6 Å². The van der Waals surface area contributed by atoms with Gasteiger partial charge in [0.2, 0.25) is 0 Å². The molecule has 17 heavy (non-hydrogen) atoms. The Balaban J connectivity index is 2.42. The quantitative estimate of drug-likeness (QED) is 0.833. The summed E-state index contributed by atoms with van der Waals surface area (Å²) in [6.45, 7) is 5.81. The molecule has 0 bridgehead atoms. The van der Waals surface area contributed by atoms with Crippen LogP contribution in [0.5, 0.6) is 0 Å². The first-order chi connectivity index (χ1) is 7.80. The number of nitrogens with zero attached hydrogens (tertiary/aromatic N) is 1. The van der Waals surface area contributed by atoms with Gasteiger partial charge in [-0.3, -0.25) is 0 Å². The molecule has 0 aromatic carbocycles. The maximum Gasteiger partial charge on any atom is 0.391 e. The first kappa shape index (κ1) is 14.8. The Morgan fingerprint density at radius 3 is 1.94 bits per heavy atom. The van der Waals surface area contributed by atoms with Gasteiger partial charge in [0.1, 0.15) is 0 Å². The number of likely N-dealkylation sites (tertiary alicyclic amines) is 1. The second-order valence-corrected chi connectivity index (χ2v) is 5.16. The molecule has 1 fully saturated rings. The summed E-state index contributed by atoms with van der Waals surface area (Å²) >= 11 is 0. The SMILES string of the molecule is CCC(N)(CC)CN1CCC(C(F)(F)F)CC1. The molecule has 1 aliphatic rings. The van der Waals surface area contributed by atoms with Gasteiger partial charge in [0.25, 0.3) is 0 Å². The highest BCUT2D eigenvalue weighted by molar-refractivity contribution is 4.87. The summed E-state index contributed by atoms with van der Waals surface area (Å²) in [5.41, 5.74) is 5.94. The van der Waals surface area contributed by atoms with Crippen molar-refractivity contribution in [2.45, 2.75) is 51.2 Å². The van der Waals surface area contributed by atoms with Crippen LogP contribution in [0.2, 0.25) is 0 Å². The van der Waals surface area contributed by atoms with Gasteiger partial charge in [0, 0.05) is 12.1 Å². The Kier molecular flexibility index (Phi) is 4.84. The van der Waals surface area contributed by atoms with Gasteiger partial charge in [0.15, 0.2) is 0 Å². The normalized spacial score (nSPS) is 20.8. The van der Waals surface area contributed by atoms with E-state index in [2.05, 4.69) is 4.90 Å². The zero-order chi connectivity index (χ0) is 13.1. The fraction of sp³-hybridized carbons (Fsp3) is 1.00. The van der Waals surface area contributed by atoms with Crippen molar-refractivity contribution in [2.75, 3.05) is 19.6 Å². The molecule has 0 radical (unpaired) electrons. The molecule has 0 saturated carbocycles. The van der Waals surface area contributed by atoms with Gasteiger partial charge in [-0.05, 0) is 38.8 Å². The first-order valence-corrected chi connectivity index (χ1v) is 6.38. The monoisotopic (exact) mass is 252 g/mol. The maximum absolute atomic E-state index is 12.5. The van der Waals surface area contributed by atoms with Gasteiger partial charge in [-0.1, -0.05) is 13.8 Å². The van der Waals surface area contributed by atoms with Gasteiger partial charge in [0.05, 0.1) is 5.92 Å². The van der Waals surface area contributed by atoms with E-state index >= 15 is 0 Å². The molecule has 5 heteroatoms. The molecular formula is C12H23F3N2. The van der Waals surface area contributed by atoms with Crippen LogP contribution >= 0.6 is 0 Å². The summed E-state index contributed by atoms with van der Waals surface area (Å²) < 4.78 is 37.5. The molecule has 102 valence electrons. The summed E-state index contributed by atoms with van der Waals surface area (Å²) in [6.07, 6.45) is -1.87. The molecule has 1 saturated heterocycles. The summed E-state index contributed by atoms with van der Waals surface area (Å²) in [7, 11) is 0. The van der Waals surface area contributed by atoms with Gasteiger partial charge in [-0.25, -0.2) is 0 Å². The average molecular weight is 252 g/mol. The lowest BCUT2D eigenvalue weighted by Gasteiger charge is -2.38. The number of alkyl halides is 3. The fourth-order valence-corrected chi connectivity index (χ4v) is 2.34. The van der Waals surface area contributed by atoms with Gasteiger partial charge >= 0.3 is 6.18 Å². The van der Waals surface area contributed by atoms with Crippen molar-refractivity contribution in [2.24, 2.45) is 11.7 Å². The van der Waals surface area contributed by atoms with E-state index in [9.17, 15) is 13.2 Å². The molecule has 2 nitrogen and oxygen atoms in total. The van der Waals surface area contributed by atoms with E-state index in [-0.39, 0.29) is 18.4 Å². The minimum Gasteiger partial charge on any atom is -0.324 e. The second kappa shape index (κ2) is 5.57. The molecular weight excluding hydrogens is 229 g/mol. The smallest absolute Gasteiger partial charge is 0.324 e. The number of piperidine rings is 1. The zero-order valence-electron chi connectivity index (χ0n) is 10.7. The van der Waals surface area contributed by atoms with Gasteiger partial charge in [-0.2, -0.15) is 13.2 Å². The third kappa shape index (κ3) is 4.14. The Bertz CT molecular complexity index is 228. The van der Waals surface area contributed by atoms with Crippen LogP contribution in [0.25, 0.3) is 0 Å². The van der Waals surface area contributed by atoms with Crippen LogP contribution in [0.3, 0.4) is 0 Å². The molecule has 0 aliphatic carbocycles. The van der Waals surface area contributed by atoms with Gasteiger partial charge in [-0.15, -0.1) is 0 Å². The molecule has 1 rings (SSSR count). The van der Waals surface area contributed by atoms with E-state index in [1.165, 1.54) is 0 Å². The van der Waals surface area contributed by atoms with Crippen molar-refractivity contribution in [3.63, 3.8) is 0 Å². The minimum atomic E-state index is -4.03. The molecule has 0 aromatic heterocycles. The van der Waals surface area contributed by atoms with E-state index in [0.29, 0.717) is 19.6 Å². The summed E-state index contributed by atoms with van der Waals surface area (Å²) in [6, 6.07) is 0. The molecule has 0 aromatic rings. The van der Waals surface area contributed by atoms with Crippen molar-refractivity contribution in [1.82, 2.24) is 4.90 Å². The maximum atomic E-state index is 12.5. The predicted octanol–water partition coefficient (Wildman–Crippen LogP) is 2.78. The lowest BCUT2D eigenvalue weighted by Crippen LogP contribution is -2.52. The molecule has 0 unspecified atom stereocenters. The van der Waals surface area contributed by atoms with E-state index in [0.717, 1.165) is 12.8 Å². The van der Waals surface area contributed by atoms with Crippen LogP contribution in [0.1, 0.15) is 39.5 Å². The summed E-state index contributed by atoms with van der Waals surface area (Å²) in [5, 5.41) is 0. The van der Waals surface area contributed by atoms with E-state index in [1.807, 2.05) is 13.8 Å². The van der Waals surface area contributed by atoms with Crippen LogP contribution in [0.15, 0.2) is 0 Å². The van der Waals surface area contributed by atoms with Crippen LogP contribution in [0.4, 0.5) is 13.2 Å². The topological polar surface area (TPSA) is 29.3 Å². The molecule has 0 spiro atoms. The van der Waals surface area contributed by atoms with Crippen LogP contribution < -0.4 is 5.73 Å². The number of rotatable bonds is 4. The number of hydrogen-bond donors (Lipinski definition) is 1. The van der Waals surface area contributed by atoms with Crippen molar-refractivity contribution in [3.05, 3.63) is 0 Å². The lowest BCUT2D eigenvalue weighted by molar-refractivity contribution is -0.185. The molecule has 0 atom stereocenters. The minimum absolute atomic E-state index is 0.215. The lowest BCUT2D eigenvalue weighted by atomic mass is 9.90. The highest BCUT2D eigenvalue weighted by Gasteiger charge is 2.41. The third-order valence-electron chi connectivity index (χ3n) is 4.00. The highest BCUT2D eigenvalue weighted by Crippen LogP contribution is 2.34. The summed E-state index contributed by atoms with van der Waals surface area (Å²) in [5.74, 6) is -1.12. The van der Waals surface area contributed by atoms with Crippen LogP contribution in [-0.2, 0) is 0 Å². The van der Waals surface area contributed by atoms with E-state index < -0.39 is 12.1 Å². The van der Waals surface area contributed by atoms with Crippen LogP contribution in [0, 0.1) is 5.92 Å². The fourth-order valence-electron chi connectivity index (χ4n) is 2.34. The molecule has 1 heterocycles. The summed E-state index contributed by atoms with van der Waals surface area (Å²) in [4.78, 5) is 2.08. The van der Waals surface area contributed by atoms with Crippen molar-refractivity contribution in [3.8, 4) is 0 Å². The van der Waals surface area contributed by atoms with E-state index in [1.54, 1.807) is 0 Å². The molecule has 0 amide bonds. The number of hydrogen-bond acceptors (Lipinski definition) is 2. The standard InChI is InChI=1S/C12H23F3N2/c1-3-11(16,4-2)9-17-7-5-10(6-8-17)12(13,14)15/h10H,3-9,16H2,1-2H3. The number of nitrogens with two attached hydrogens (primary N) is 1. The van der Waals surface area contributed by atoms with Crippen molar-refractivity contribution in [1.29, 1.82) is 0 Å². The average Bonchev–Trinajstić information content (AvgIpc) is 2.28. The van der Waals surface area contributed by atoms with Crippen LogP contribution in [-0.4, -0.2) is 36.2 Å².